The van der Waals surface area contributed by atoms with Crippen molar-refractivity contribution < 1.29 is 26.4 Å². The fourth-order valence-corrected chi connectivity index (χ4v) is 3.99. The van der Waals surface area contributed by atoms with E-state index in [0.717, 1.165) is 6.07 Å². The number of nitrogens with zero attached hydrogens (tertiary/aromatic N) is 3. The summed E-state index contributed by atoms with van der Waals surface area (Å²) in [6, 6.07) is 0.659. The van der Waals surface area contributed by atoms with Gasteiger partial charge in [0.1, 0.15) is 4.90 Å². The van der Waals surface area contributed by atoms with E-state index in [1.54, 1.807) is 6.92 Å². The minimum absolute atomic E-state index is 0.0193. The third-order valence-corrected chi connectivity index (χ3v) is 5.46. The van der Waals surface area contributed by atoms with Crippen LogP contribution in [0, 0.1) is 0 Å². The van der Waals surface area contributed by atoms with Crippen molar-refractivity contribution in [2.24, 2.45) is 16.6 Å². The van der Waals surface area contributed by atoms with Gasteiger partial charge in [-0.1, -0.05) is 6.07 Å². The number of nitrogens with one attached hydrogen (secondary N) is 2. The lowest BCUT2D eigenvalue weighted by Gasteiger charge is -2.19. The highest BCUT2D eigenvalue weighted by molar-refractivity contribution is 7.89. The van der Waals surface area contributed by atoms with Crippen LogP contribution in [0.2, 0.25) is 0 Å². The first-order valence-corrected chi connectivity index (χ1v) is 10.7. The maximum Gasteiger partial charge on any atom is 0.417 e. The van der Waals surface area contributed by atoms with Gasteiger partial charge in [-0.3, -0.25) is 4.79 Å². The van der Waals surface area contributed by atoms with Gasteiger partial charge in [-0.2, -0.15) is 18.4 Å². The van der Waals surface area contributed by atoms with Crippen molar-refractivity contribution in [3.05, 3.63) is 23.3 Å². The fourth-order valence-electron chi connectivity index (χ4n) is 2.99. The second-order valence-electron chi connectivity index (χ2n) is 6.90. The van der Waals surface area contributed by atoms with Crippen molar-refractivity contribution in [1.82, 2.24) is 25.9 Å². The summed E-state index contributed by atoms with van der Waals surface area (Å²) in [6.45, 7) is 1.71. The van der Waals surface area contributed by atoms with Gasteiger partial charge in [0.15, 0.2) is 0 Å². The highest BCUT2D eigenvalue weighted by Crippen LogP contribution is 2.40. The molecule has 11 nitrogen and oxygen atoms in total. The lowest BCUT2D eigenvalue weighted by Crippen LogP contribution is -2.48. The normalized spacial score (nSPS) is 14.3. The first-order valence-electron chi connectivity index (χ1n) is 9.12. The quantitative estimate of drug-likeness (QED) is 0.332. The Hall–Kier alpha value is -2.62. The number of aryl methyl sites for hydroxylation is 1. The predicted molar refractivity (Wildman–Crippen MR) is 104 cm³/mol. The summed E-state index contributed by atoms with van der Waals surface area (Å²) in [4.78, 5) is 10.7. The van der Waals surface area contributed by atoms with Crippen LogP contribution in [0.5, 0.6) is 0 Å². The van der Waals surface area contributed by atoms with Gasteiger partial charge in [0.2, 0.25) is 21.8 Å². The van der Waals surface area contributed by atoms with Gasteiger partial charge in [-0.25, -0.2) is 13.6 Å². The van der Waals surface area contributed by atoms with Gasteiger partial charge >= 0.3 is 6.18 Å². The molecule has 8 N–H and O–H groups in total. The zero-order valence-corrected chi connectivity index (χ0v) is 17.3. The van der Waals surface area contributed by atoms with Gasteiger partial charge in [-0.05, 0) is 43.0 Å². The number of H-pyrrole nitrogens is 1. The zero-order chi connectivity index (χ0) is 23.4. The topological polar surface area (TPSA) is 196 Å². The van der Waals surface area contributed by atoms with Crippen molar-refractivity contribution in [1.29, 1.82) is 0 Å². The second kappa shape index (κ2) is 9.67. The number of amides is 1. The molecule has 2 atom stereocenters. The molecule has 1 amide bonds. The molecule has 1 aromatic heterocycles. The molecule has 0 bridgehead atoms. The number of carbonyl (C=O) groups excluding carboxylic acids is 1. The third-order valence-electron chi connectivity index (χ3n) is 4.47. The molecule has 0 saturated heterocycles. The lowest BCUT2D eigenvalue weighted by molar-refractivity contribution is -0.139. The van der Waals surface area contributed by atoms with E-state index in [9.17, 15) is 26.4 Å². The summed E-state index contributed by atoms with van der Waals surface area (Å²) < 4.78 is 64.6. The van der Waals surface area contributed by atoms with Gasteiger partial charge in [0, 0.05) is 18.2 Å². The van der Waals surface area contributed by atoms with Crippen molar-refractivity contribution in [2.45, 2.75) is 49.3 Å². The molecule has 15 heteroatoms. The molecular weight excluding hydrogens is 441 g/mol. The number of benzene rings is 1. The summed E-state index contributed by atoms with van der Waals surface area (Å²) in [5.41, 5.74) is 9.32. The van der Waals surface area contributed by atoms with Gasteiger partial charge in [-0.15, -0.1) is 10.2 Å². The van der Waals surface area contributed by atoms with Crippen LogP contribution in [0.25, 0.3) is 11.4 Å². The van der Waals surface area contributed by atoms with E-state index in [1.165, 1.54) is 0 Å². The maximum atomic E-state index is 13.5. The zero-order valence-electron chi connectivity index (χ0n) is 16.5. The largest absolute Gasteiger partial charge is 0.417 e. The minimum atomic E-state index is -4.97. The van der Waals surface area contributed by atoms with E-state index in [-0.39, 0.29) is 36.0 Å². The van der Waals surface area contributed by atoms with Crippen LogP contribution in [0.3, 0.4) is 0 Å². The Morgan fingerprint density at radius 3 is 2.52 bits per heavy atom. The monoisotopic (exact) mass is 464 g/mol. The number of hydrogen-bond donors (Lipinski definition) is 5. The number of hydrogen-bond acceptors (Lipinski definition) is 8. The summed E-state index contributed by atoms with van der Waals surface area (Å²) in [5, 5.41) is 20.5. The molecule has 2 rings (SSSR count). The standard InChI is InChI=1S/C16H23F3N8O3S/c1-8(23-15(28)11(21)7-20)3-2-4-9-5-6-10(16(17,18)19)13(31(22,29)30)12(9)14-24-26-27-25-14/h5-6,8,11H,2-4,7,20-21H2,1H3,(H,23,28)(H2,22,29,30)(H,24,25,26,27)/t8?,11-/m0/s1. The summed E-state index contributed by atoms with van der Waals surface area (Å²) >= 11 is 0. The van der Waals surface area contributed by atoms with Crippen LogP contribution in [0.15, 0.2) is 17.0 Å². The van der Waals surface area contributed by atoms with Crippen molar-refractivity contribution >= 4 is 15.9 Å². The maximum absolute atomic E-state index is 13.5. The van der Waals surface area contributed by atoms with Crippen LogP contribution < -0.4 is 21.9 Å². The van der Waals surface area contributed by atoms with E-state index in [1.807, 2.05) is 0 Å². The van der Waals surface area contributed by atoms with Crippen molar-refractivity contribution in [3.8, 4) is 11.4 Å². The Kier molecular flexibility index (Phi) is 7.69. The van der Waals surface area contributed by atoms with Gasteiger partial charge < -0.3 is 16.8 Å². The fraction of sp³-hybridized carbons (Fsp3) is 0.500. The molecule has 2 aromatic rings. The molecule has 0 fully saturated rings. The van der Waals surface area contributed by atoms with Crippen LogP contribution in [0.1, 0.15) is 30.9 Å². The summed E-state index contributed by atoms with van der Waals surface area (Å²) in [7, 11) is -4.79. The molecule has 0 aliphatic rings. The SMILES string of the molecule is CC(CCCc1ccc(C(F)(F)F)c(S(N)(=O)=O)c1-c1nn[nH]n1)NC(=O)[C@@H](N)CN. The third kappa shape index (κ3) is 6.19. The van der Waals surface area contributed by atoms with Crippen LogP contribution in [0.4, 0.5) is 13.2 Å². The van der Waals surface area contributed by atoms with E-state index < -0.39 is 38.6 Å². The van der Waals surface area contributed by atoms with Crippen molar-refractivity contribution in [2.75, 3.05) is 6.54 Å². The van der Waals surface area contributed by atoms with E-state index in [4.69, 9.17) is 16.6 Å². The molecule has 1 aromatic carbocycles. The Labute approximate surface area is 176 Å². The number of sulfonamides is 1. The van der Waals surface area contributed by atoms with E-state index in [0.29, 0.717) is 18.9 Å². The van der Waals surface area contributed by atoms with Crippen LogP contribution in [-0.2, 0) is 27.4 Å². The smallest absolute Gasteiger partial charge is 0.352 e. The molecule has 0 spiro atoms. The lowest BCUT2D eigenvalue weighted by atomic mass is 9.97. The predicted octanol–water partition coefficient (Wildman–Crippen LogP) is -0.354. The first kappa shape index (κ1) is 24.6. The molecule has 1 unspecified atom stereocenters. The number of alkyl halides is 3. The Morgan fingerprint density at radius 1 is 1.32 bits per heavy atom. The number of tetrazole rings is 1. The van der Waals surface area contributed by atoms with Crippen LogP contribution >= 0.6 is 0 Å². The molecule has 0 radical (unpaired) electrons. The minimum Gasteiger partial charge on any atom is -0.352 e. The molecule has 172 valence electrons. The first-order chi connectivity index (χ1) is 14.4. The van der Waals surface area contributed by atoms with Crippen LogP contribution in [-0.4, -0.2) is 53.6 Å². The number of carbonyl (C=O) groups is 1. The average molecular weight is 464 g/mol. The molecule has 0 aliphatic carbocycles. The Bertz CT molecular complexity index is 1010. The number of rotatable bonds is 9. The number of aromatic nitrogens is 4. The molecular formula is C16H23F3N8O3S. The second-order valence-corrected chi connectivity index (χ2v) is 8.40. The van der Waals surface area contributed by atoms with E-state index >= 15 is 0 Å². The van der Waals surface area contributed by atoms with Crippen molar-refractivity contribution in [3.63, 3.8) is 0 Å². The molecule has 0 aliphatic heterocycles. The number of halogens is 3. The number of nitrogens with two attached hydrogens (primary N) is 3. The highest BCUT2D eigenvalue weighted by atomic mass is 32.2. The van der Waals surface area contributed by atoms with Gasteiger partial charge in [0.25, 0.3) is 0 Å². The summed E-state index contributed by atoms with van der Waals surface area (Å²) in [6.07, 6.45) is -3.99. The number of aromatic amines is 1. The molecule has 31 heavy (non-hydrogen) atoms. The Balaban J connectivity index is 2.35. The molecule has 0 saturated carbocycles. The van der Waals surface area contributed by atoms with Gasteiger partial charge in [0.05, 0.1) is 11.6 Å². The average Bonchev–Trinajstić information content (AvgIpc) is 3.19. The summed E-state index contributed by atoms with van der Waals surface area (Å²) in [5.74, 6) is -0.756. The highest BCUT2D eigenvalue weighted by Gasteiger charge is 2.39. The van der Waals surface area contributed by atoms with E-state index in [2.05, 4.69) is 25.9 Å². The number of primary sulfonamides is 1. The molecule has 1 heterocycles. The Morgan fingerprint density at radius 2 is 2.00 bits per heavy atom.